The van der Waals surface area contributed by atoms with Crippen LogP contribution in [0.1, 0.15) is 40.0 Å². The molecule has 1 unspecified atom stereocenters. The summed E-state index contributed by atoms with van der Waals surface area (Å²) in [6.45, 7) is 7.34. The van der Waals surface area contributed by atoms with Crippen LogP contribution >= 0.6 is 11.8 Å². The van der Waals surface area contributed by atoms with Crippen LogP contribution in [0.15, 0.2) is 46.4 Å². The number of thioether (sulfide) groups is 1. The zero-order valence-electron chi connectivity index (χ0n) is 11.5. The van der Waals surface area contributed by atoms with Gasteiger partial charge in [0, 0.05) is 17.9 Å². The van der Waals surface area contributed by atoms with Crippen molar-refractivity contribution >= 4 is 11.8 Å². The molecule has 0 heterocycles. The molecule has 0 N–H and O–H groups in total. The zero-order chi connectivity index (χ0) is 13.0. The summed E-state index contributed by atoms with van der Waals surface area (Å²) in [5.41, 5.74) is 2.68. The molecule has 0 spiro atoms. The molecule has 0 bridgehead atoms. The molecule has 2 aliphatic carbocycles. The van der Waals surface area contributed by atoms with Gasteiger partial charge in [0.15, 0.2) is 0 Å². The number of rotatable bonds is 5. The molecule has 1 nitrogen and oxygen atoms in total. The van der Waals surface area contributed by atoms with E-state index >= 15 is 0 Å². The van der Waals surface area contributed by atoms with Crippen LogP contribution in [-0.2, 0) is 4.74 Å². The van der Waals surface area contributed by atoms with Crippen molar-refractivity contribution in [3.63, 3.8) is 0 Å². The lowest BCUT2D eigenvalue weighted by Gasteiger charge is -2.36. The first-order valence-electron chi connectivity index (χ1n) is 6.71. The van der Waals surface area contributed by atoms with Crippen molar-refractivity contribution < 1.29 is 4.74 Å². The molecule has 0 aromatic carbocycles. The third kappa shape index (κ3) is 2.99. The second-order valence-electron chi connectivity index (χ2n) is 4.93. The van der Waals surface area contributed by atoms with Gasteiger partial charge in [-0.25, -0.2) is 0 Å². The number of ether oxygens (including phenoxy) is 1. The summed E-state index contributed by atoms with van der Waals surface area (Å²) < 4.78 is 6.22. The maximum absolute atomic E-state index is 6.22. The van der Waals surface area contributed by atoms with Gasteiger partial charge in [-0.15, -0.1) is 0 Å². The minimum Gasteiger partial charge on any atom is -0.360 e. The van der Waals surface area contributed by atoms with Crippen molar-refractivity contribution in [2.24, 2.45) is 0 Å². The summed E-state index contributed by atoms with van der Waals surface area (Å²) in [5.74, 6) is 0. The zero-order valence-corrected chi connectivity index (χ0v) is 12.3. The fourth-order valence-electron chi connectivity index (χ4n) is 2.26. The van der Waals surface area contributed by atoms with Gasteiger partial charge in [-0.3, -0.25) is 0 Å². The predicted octanol–water partition coefficient (Wildman–Crippen LogP) is 4.98. The number of hydrogen-bond donors (Lipinski definition) is 0. The van der Waals surface area contributed by atoms with E-state index in [2.05, 4.69) is 51.2 Å². The maximum Gasteiger partial charge on any atom is 0.143 e. The Labute approximate surface area is 115 Å². The lowest BCUT2D eigenvalue weighted by atomic mass is 9.98. The molecule has 0 saturated heterocycles. The van der Waals surface area contributed by atoms with Gasteiger partial charge in [-0.05, 0) is 32.3 Å². The highest BCUT2D eigenvalue weighted by Gasteiger charge is 2.35. The molecule has 2 aliphatic rings. The Kier molecular flexibility index (Phi) is 4.52. The number of allylic oxidation sites excluding steroid dienone is 5. The Morgan fingerprint density at radius 1 is 1.33 bits per heavy atom. The van der Waals surface area contributed by atoms with E-state index in [4.69, 9.17) is 4.74 Å². The van der Waals surface area contributed by atoms with E-state index in [1.807, 2.05) is 11.8 Å². The lowest BCUT2D eigenvalue weighted by Crippen LogP contribution is -2.32. The topological polar surface area (TPSA) is 9.23 Å². The first kappa shape index (κ1) is 13.7. The van der Waals surface area contributed by atoms with Crippen LogP contribution in [-0.4, -0.2) is 11.5 Å². The van der Waals surface area contributed by atoms with E-state index < -0.39 is 0 Å². The Bertz CT molecular complexity index is 428. The fraction of sp³-hybridized carbons (Fsp3) is 0.500. The highest BCUT2D eigenvalue weighted by molar-refractivity contribution is 8.04. The molecule has 0 fully saturated rings. The van der Waals surface area contributed by atoms with Gasteiger partial charge in [0.25, 0.3) is 0 Å². The predicted molar refractivity (Wildman–Crippen MR) is 80.5 cm³/mol. The van der Waals surface area contributed by atoms with Gasteiger partial charge in [-0.1, -0.05) is 54.6 Å². The average molecular weight is 262 g/mol. The van der Waals surface area contributed by atoms with E-state index in [1.54, 1.807) is 0 Å². The second kappa shape index (κ2) is 5.94. The average Bonchev–Trinajstić information content (AvgIpc) is 2.84. The van der Waals surface area contributed by atoms with Crippen molar-refractivity contribution in [3.05, 3.63) is 46.4 Å². The Hall–Kier alpha value is -0.730. The minimum atomic E-state index is -0.184. The molecule has 18 heavy (non-hydrogen) atoms. The molecule has 0 aromatic rings. The minimum absolute atomic E-state index is 0.184. The molecule has 2 rings (SSSR count). The molecule has 1 atom stereocenters. The van der Waals surface area contributed by atoms with Crippen LogP contribution < -0.4 is 0 Å². The van der Waals surface area contributed by atoms with E-state index in [-0.39, 0.29) is 4.93 Å². The smallest absolute Gasteiger partial charge is 0.143 e. The first-order valence-corrected chi connectivity index (χ1v) is 7.53. The summed E-state index contributed by atoms with van der Waals surface area (Å²) in [4.78, 5) is 1.16. The van der Waals surface area contributed by atoms with Gasteiger partial charge in [0.1, 0.15) is 4.93 Å². The summed E-state index contributed by atoms with van der Waals surface area (Å²) in [6, 6.07) is 0. The molecule has 0 saturated carbocycles. The van der Waals surface area contributed by atoms with Crippen LogP contribution in [0.25, 0.3) is 0 Å². The first-order chi connectivity index (χ1) is 8.66. The molecule has 0 amide bonds. The van der Waals surface area contributed by atoms with Crippen LogP contribution in [0.2, 0.25) is 0 Å². The summed E-state index contributed by atoms with van der Waals surface area (Å²) >= 11 is 1.86. The SMILES string of the molecule is CCCOC1(SC2=CCC=C2)CC=C(C)C=C1C. The monoisotopic (exact) mass is 262 g/mol. The van der Waals surface area contributed by atoms with Gasteiger partial charge < -0.3 is 4.74 Å². The summed E-state index contributed by atoms with van der Waals surface area (Å²) in [6.07, 6.45) is 14.3. The van der Waals surface area contributed by atoms with Crippen molar-refractivity contribution in [1.82, 2.24) is 0 Å². The Morgan fingerprint density at radius 2 is 2.17 bits per heavy atom. The number of hydrogen-bond acceptors (Lipinski definition) is 2. The van der Waals surface area contributed by atoms with E-state index in [1.165, 1.54) is 16.1 Å². The van der Waals surface area contributed by atoms with Gasteiger partial charge in [0.2, 0.25) is 0 Å². The molecular formula is C16H22OS. The van der Waals surface area contributed by atoms with Crippen molar-refractivity contribution in [2.45, 2.75) is 45.0 Å². The second-order valence-corrected chi connectivity index (χ2v) is 6.26. The quantitative estimate of drug-likeness (QED) is 0.646. The van der Waals surface area contributed by atoms with Crippen LogP contribution in [0, 0.1) is 0 Å². The summed E-state index contributed by atoms with van der Waals surface area (Å²) in [7, 11) is 0. The third-order valence-corrected chi connectivity index (χ3v) is 4.77. The van der Waals surface area contributed by atoms with Crippen molar-refractivity contribution in [2.75, 3.05) is 6.61 Å². The van der Waals surface area contributed by atoms with E-state index in [9.17, 15) is 0 Å². The normalized spacial score (nSPS) is 26.9. The van der Waals surface area contributed by atoms with Crippen molar-refractivity contribution in [3.8, 4) is 0 Å². The fourth-order valence-corrected chi connectivity index (χ4v) is 3.51. The van der Waals surface area contributed by atoms with E-state index in [0.717, 1.165) is 25.9 Å². The van der Waals surface area contributed by atoms with Crippen LogP contribution in [0.4, 0.5) is 0 Å². The van der Waals surface area contributed by atoms with Crippen LogP contribution in [0.5, 0.6) is 0 Å². The lowest BCUT2D eigenvalue weighted by molar-refractivity contribution is 0.0532. The molecule has 0 radical (unpaired) electrons. The largest absolute Gasteiger partial charge is 0.360 e. The molecule has 2 heteroatoms. The summed E-state index contributed by atoms with van der Waals surface area (Å²) in [5, 5.41) is 0. The van der Waals surface area contributed by atoms with Gasteiger partial charge in [0.05, 0.1) is 0 Å². The van der Waals surface area contributed by atoms with Gasteiger partial charge >= 0.3 is 0 Å². The molecular weight excluding hydrogens is 240 g/mol. The Morgan fingerprint density at radius 3 is 2.78 bits per heavy atom. The van der Waals surface area contributed by atoms with Gasteiger partial charge in [-0.2, -0.15) is 0 Å². The third-order valence-electron chi connectivity index (χ3n) is 3.30. The highest BCUT2D eigenvalue weighted by Crippen LogP contribution is 2.46. The highest BCUT2D eigenvalue weighted by atomic mass is 32.2. The molecule has 0 aliphatic heterocycles. The standard InChI is InChI=1S/C16H22OS/c1-4-11-17-16(18-15-7-5-6-8-15)10-9-13(2)12-14(16)3/h5,7-9,12H,4,6,10-11H2,1-3H3. The molecule has 98 valence electrons. The van der Waals surface area contributed by atoms with Crippen molar-refractivity contribution in [1.29, 1.82) is 0 Å². The molecule has 0 aromatic heterocycles. The Balaban J connectivity index is 2.18. The van der Waals surface area contributed by atoms with E-state index in [0.29, 0.717) is 0 Å². The maximum atomic E-state index is 6.22. The van der Waals surface area contributed by atoms with Crippen LogP contribution in [0.3, 0.4) is 0 Å².